The summed E-state index contributed by atoms with van der Waals surface area (Å²) >= 11 is 0. The van der Waals surface area contributed by atoms with Gasteiger partial charge in [-0.1, -0.05) is 6.07 Å². The van der Waals surface area contributed by atoms with Crippen LogP contribution >= 0.6 is 0 Å². The number of aromatic carboxylic acids is 1. The van der Waals surface area contributed by atoms with Gasteiger partial charge in [-0.2, -0.15) is 0 Å². The summed E-state index contributed by atoms with van der Waals surface area (Å²) in [5, 5.41) is 9.24. The van der Waals surface area contributed by atoms with Crippen LogP contribution in [0.25, 0.3) is 11.1 Å². The highest BCUT2D eigenvalue weighted by Crippen LogP contribution is 2.36. The van der Waals surface area contributed by atoms with E-state index in [2.05, 4.69) is 4.98 Å². The zero-order valence-electron chi connectivity index (χ0n) is 10.6. The molecule has 0 unspecified atom stereocenters. The molecule has 0 saturated heterocycles. The smallest absolute Gasteiger partial charge is 0.339 e. The number of pyridine rings is 1. The predicted octanol–water partition coefficient (Wildman–Crippen LogP) is 2.46. The molecule has 5 heteroatoms. The standard InChI is InChI=1S/C14H13NO4/c1-18-12-7-10(9-4-3-5-15-8-9)6-11(14(16)17)13(12)19-2/h3-8H,1-2H3,(H,16,17). The van der Waals surface area contributed by atoms with E-state index in [1.165, 1.54) is 14.2 Å². The van der Waals surface area contributed by atoms with Gasteiger partial charge in [-0.3, -0.25) is 4.98 Å². The lowest BCUT2D eigenvalue weighted by Crippen LogP contribution is -2.03. The lowest BCUT2D eigenvalue weighted by atomic mass is 10.0. The van der Waals surface area contributed by atoms with Crippen molar-refractivity contribution in [3.05, 3.63) is 42.2 Å². The molecule has 0 aliphatic carbocycles. The summed E-state index contributed by atoms with van der Waals surface area (Å²) in [5.74, 6) is -0.482. The van der Waals surface area contributed by atoms with Crippen LogP contribution in [-0.4, -0.2) is 30.3 Å². The number of benzene rings is 1. The molecule has 19 heavy (non-hydrogen) atoms. The Balaban J connectivity index is 2.65. The van der Waals surface area contributed by atoms with Gasteiger partial charge in [0.05, 0.1) is 14.2 Å². The number of carboxylic acids is 1. The Kier molecular flexibility index (Phi) is 3.66. The van der Waals surface area contributed by atoms with Crippen LogP contribution in [0.4, 0.5) is 0 Å². The van der Waals surface area contributed by atoms with Gasteiger partial charge in [-0.05, 0) is 23.8 Å². The summed E-state index contributed by atoms with van der Waals surface area (Å²) in [6.07, 6.45) is 3.31. The molecule has 2 rings (SSSR count). The van der Waals surface area contributed by atoms with Gasteiger partial charge in [0.15, 0.2) is 11.5 Å². The number of carboxylic acid groups (broad SMARTS) is 1. The fraction of sp³-hybridized carbons (Fsp3) is 0.143. The number of carbonyl (C=O) groups is 1. The first-order chi connectivity index (χ1) is 9.17. The number of hydrogen-bond donors (Lipinski definition) is 1. The zero-order valence-corrected chi connectivity index (χ0v) is 10.6. The highest BCUT2D eigenvalue weighted by atomic mass is 16.5. The summed E-state index contributed by atoms with van der Waals surface area (Å²) in [5.41, 5.74) is 1.58. The molecule has 0 aliphatic heterocycles. The molecule has 0 amide bonds. The molecule has 0 saturated carbocycles. The van der Waals surface area contributed by atoms with E-state index < -0.39 is 5.97 Å². The number of methoxy groups -OCH3 is 2. The summed E-state index contributed by atoms with van der Waals surface area (Å²) in [7, 11) is 2.88. The van der Waals surface area contributed by atoms with Gasteiger partial charge < -0.3 is 14.6 Å². The van der Waals surface area contributed by atoms with E-state index in [4.69, 9.17) is 9.47 Å². The molecule has 1 aromatic carbocycles. The number of hydrogen-bond acceptors (Lipinski definition) is 4. The van der Waals surface area contributed by atoms with E-state index in [-0.39, 0.29) is 11.3 Å². The summed E-state index contributed by atoms with van der Waals surface area (Å²) in [6, 6.07) is 6.90. The van der Waals surface area contributed by atoms with E-state index in [1.54, 1.807) is 30.6 Å². The number of aromatic nitrogens is 1. The Hall–Kier alpha value is -2.56. The van der Waals surface area contributed by atoms with Crippen molar-refractivity contribution in [2.24, 2.45) is 0 Å². The van der Waals surface area contributed by atoms with Crippen molar-refractivity contribution < 1.29 is 19.4 Å². The van der Waals surface area contributed by atoms with Crippen molar-refractivity contribution in [2.75, 3.05) is 14.2 Å². The Bertz CT molecular complexity index is 596. The van der Waals surface area contributed by atoms with Gasteiger partial charge in [0, 0.05) is 18.0 Å². The van der Waals surface area contributed by atoms with E-state index in [1.807, 2.05) is 6.07 Å². The Labute approximate surface area is 110 Å². The van der Waals surface area contributed by atoms with E-state index in [0.29, 0.717) is 11.3 Å². The molecular weight excluding hydrogens is 246 g/mol. The first kappa shape index (κ1) is 12.9. The summed E-state index contributed by atoms with van der Waals surface area (Å²) < 4.78 is 10.3. The Morgan fingerprint density at radius 2 is 2.00 bits per heavy atom. The fourth-order valence-electron chi connectivity index (χ4n) is 1.82. The van der Waals surface area contributed by atoms with Crippen molar-refractivity contribution in [3.8, 4) is 22.6 Å². The second kappa shape index (κ2) is 5.39. The molecule has 5 nitrogen and oxygen atoms in total. The number of ether oxygens (including phenoxy) is 2. The van der Waals surface area contributed by atoms with E-state index in [9.17, 15) is 9.90 Å². The quantitative estimate of drug-likeness (QED) is 0.913. The van der Waals surface area contributed by atoms with Crippen LogP contribution in [0.2, 0.25) is 0 Å². The van der Waals surface area contributed by atoms with Gasteiger partial charge in [-0.15, -0.1) is 0 Å². The minimum atomic E-state index is -1.07. The minimum absolute atomic E-state index is 0.0562. The van der Waals surface area contributed by atoms with Gasteiger partial charge in [0.2, 0.25) is 0 Å². The second-order valence-corrected chi connectivity index (χ2v) is 3.81. The van der Waals surface area contributed by atoms with Crippen LogP contribution < -0.4 is 9.47 Å². The van der Waals surface area contributed by atoms with Gasteiger partial charge in [0.1, 0.15) is 5.56 Å². The Morgan fingerprint density at radius 3 is 2.53 bits per heavy atom. The first-order valence-electron chi connectivity index (χ1n) is 5.57. The monoisotopic (exact) mass is 259 g/mol. The lowest BCUT2D eigenvalue weighted by Gasteiger charge is -2.12. The van der Waals surface area contributed by atoms with Gasteiger partial charge in [-0.25, -0.2) is 4.79 Å². The molecule has 0 radical (unpaired) electrons. The van der Waals surface area contributed by atoms with Gasteiger partial charge in [0.25, 0.3) is 0 Å². The normalized spacial score (nSPS) is 10.0. The highest BCUT2D eigenvalue weighted by molar-refractivity contribution is 5.94. The molecule has 1 heterocycles. The van der Waals surface area contributed by atoms with Crippen LogP contribution in [0.3, 0.4) is 0 Å². The number of rotatable bonds is 4. The Morgan fingerprint density at radius 1 is 1.21 bits per heavy atom. The molecule has 0 spiro atoms. The van der Waals surface area contributed by atoms with E-state index in [0.717, 1.165) is 5.56 Å². The topological polar surface area (TPSA) is 68.7 Å². The molecule has 0 fully saturated rings. The van der Waals surface area contributed by atoms with Gasteiger partial charge >= 0.3 is 5.97 Å². The number of nitrogens with zero attached hydrogens (tertiary/aromatic N) is 1. The third-order valence-electron chi connectivity index (χ3n) is 2.70. The van der Waals surface area contributed by atoms with Crippen LogP contribution in [-0.2, 0) is 0 Å². The third kappa shape index (κ3) is 2.49. The molecule has 0 aliphatic rings. The third-order valence-corrected chi connectivity index (χ3v) is 2.70. The highest BCUT2D eigenvalue weighted by Gasteiger charge is 2.18. The van der Waals surface area contributed by atoms with Crippen LogP contribution in [0.5, 0.6) is 11.5 Å². The molecule has 1 N–H and O–H groups in total. The maximum absolute atomic E-state index is 11.3. The predicted molar refractivity (Wildman–Crippen MR) is 69.7 cm³/mol. The average Bonchev–Trinajstić information content (AvgIpc) is 2.46. The molecule has 0 bridgehead atoms. The maximum atomic E-state index is 11.3. The van der Waals surface area contributed by atoms with Crippen LogP contribution in [0, 0.1) is 0 Å². The minimum Gasteiger partial charge on any atom is -0.493 e. The van der Waals surface area contributed by atoms with Crippen molar-refractivity contribution >= 4 is 5.97 Å². The molecular formula is C14H13NO4. The zero-order chi connectivity index (χ0) is 13.8. The van der Waals surface area contributed by atoms with Crippen molar-refractivity contribution in [1.82, 2.24) is 4.98 Å². The molecule has 1 aromatic heterocycles. The maximum Gasteiger partial charge on any atom is 0.339 e. The molecule has 0 atom stereocenters. The second-order valence-electron chi connectivity index (χ2n) is 3.81. The fourth-order valence-corrected chi connectivity index (χ4v) is 1.82. The summed E-state index contributed by atoms with van der Waals surface area (Å²) in [4.78, 5) is 15.3. The van der Waals surface area contributed by atoms with Crippen molar-refractivity contribution in [2.45, 2.75) is 0 Å². The SMILES string of the molecule is COc1cc(-c2cccnc2)cc(C(=O)O)c1OC. The van der Waals surface area contributed by atoms with Crippen LogP contribution in [0.1, 0.15) is 10.4 Å². The molecule has 98 valence electrons. The van der Waals surface area contributed by atoms with Crippen LogP contribution in [0.15, 0.2) is 36.7 Å². The summed E-state index contributed by atoms with van der Waals surface area (Å²) in [6.45, 7) is 0. The largest absolute Gasteiger partial charge is 0.493 e. The first-order valence-corrected chi connectivity index (χ1v) is 5.57. The lowest BCUT2D eigenvalue weighted by molar-refractivity contribution is 0.0692. The van der Waals surface area contributed by atoms with E-state index >= 15 is 0 Å². The molecule has 2 aromatic rings. The average molecular weight is 259 g/mol. The van der Waals surface area contributed by atoms with Crippen molar-refractivity contribution in [1.29, 1.82) is 0 Å². The van der Waals surface area contributed by atoms with Crippen molar-refractivity contribution in [3.63, 3.8) is 0 Å².